The summed E-state index contributed by atoms with van der Waals surface area (Å²) in [5.74, 6) is -0.289. The van der Waals surface area contributed by atoms with Gasteiger partial charge in [0, 0.05) is 18.3 Å². The van der Waals surface area contributed by atoms with Gasteiger partial charge in [0.2, 0.25) is 5.91 Å². The highest BCUT2D eigenvalue weighted by molar-refractivity contribution is 5.81. The lowest BCUT2D eigenvalue weighted by atomic mass is 10.3. The molecule has 0 atom stereocenters. The molecule has 0 saturated heterocycles. The summed E-state index contributed by atoms with van der Waals surface area (Å²) in [7, 11) is 0. The fourth-order valence-corrected chi connectivity index (χ4v) is 2.08. The SMILES string of the molecule is CCN(C(=O)CNc1ccc(OC(F)(F)F)cc1)C1CC1. The molecule has 1 fully saturated rings. The highest BCUT2D eigenvalue weighted by Gasteiger charge is 2.31. The molecule has 0 unspecified atom stereocenters. The van der Waals surface area contributed by atoms with E-state index < -0.39 is 6.36 Å². The number of hydrogen-bond donors (Lipinski definition) is 1. The van der Waals surface area contributed by atoms with Crippen molar-refractivity contribution in [2.75, 3.05) is 18.4 Å². The molecule has 0 spiro atoms. The van der Waals surface area contributed by atoms with Crippen LogP contribution in [-0.2, 0) is 4.79 Å². The lowest BCUT2D eigenvalue weighted by Crippen LogP contribution is -2.37. The first-order valence-electron chi connectivity index (χ1n) is 6.78. The average molecular weight is 302 g/mol. The number of carbonyl (C=O) groups excluding carboxylic acids is 1. The largest absolute Gasteiger partial charge is 0.573 e. The Morgan fingerprint density at radius 3 is 2.43 bits per heavy atom. The van der Waals surface area contributed by atoms with Crippen molar-refractivity contribution in [1.29, 1.82) is 0 Å². The lowest BCUT2D eigenvalue weighted by molar-refractivity contribution is -0.274. The van der Waals surface area contributed by atoms with E-state index in [4.69, 9.17) is 0 Å². The third kappa shape index (κ3) is 4.84. The number of amides is 1. The van der Waals surface area contributed by atoms with Gasteiger partial charge in [0.05, 0.1) is 6.54 Å². The Bertz CT molecular complexity index is 484. The smallest absolute Gasteiger partial charge is 0.406 e. The third-order valence-electron chi connectivity index (χ3n) is 3.18. The second-order valence-electron chi connectivity index (χ2n) is 4.84. The lowest BCUT2D eigenvalue weighted by Gasteiger charge is -2.20. The van der Waals surface area contributed by atoms with Crippen molar-refractivity contribution in [2.45, 2.75) is 32.2 Å². The minimum Gasteiger partial charge on any atom is -0.406 e. The molecule has 1 N–H and O–H groups in total. The maximum absolute atomic E-state index is 12.0. The number of nitrogens with one attached hydrogen (secondary N) is 1. The number of hydrogen-bond acceptors (Lipinski definition) is 3. The first kappa shape index (κ1) is 15.5. The van der Waals surface area contributed by atoms with E-state index in [0.29, 0.717) is 18.3 Å². The molecule has 1 aromatic carbocycles. The molecule has 1 amide bonds. The summed E-state index contributed by atoms with van der Waals surface area (Å²) >= 11 is 0. The highest BCUT2D eigenvalue weighted by atomic mass is 19.4. The summed E-state index contributed by atoms with van der Waals surface area (Å²) < 4.78 is 39.8. The van der Waals surface area contributed by atoms with E-state index in [1.807, 2.05) is 11.8 Å². The van der Waals surface area contributed by atoms with Crippen LogP contribution in [0.2, 0.25) is 0 Å². The van der Waals surface area contributed by atoms with Crippen molar-refractivity contribution in [3.8, 4) is 5.75 Å². The van der Waals surface area contributed by atoms with E-state index in [2.05, 4.69) is 10.1 Å². The third-order valence-corrected chi connectivity index (χ3v) is 3.18. The molecule has 4 nitrogen and oxygen atoms in total. The molecule has 0 aromatic heterocycles. The Morgan fingerprint density at radius 1 is 1.33 bits per heavy atom. The molecule has 21 heavy (non-hydrogen) atoms. The van der Waals surface area contributed by atoms with Gasteiger partial charge in [-0.2, -0.15) is 0 Å². The van der Waals surface area contributed by atoms with Gasteiger partial charge in [-0.1, -0.05) is 0 Å². The van der Waals surface area contributed by atoms with Crippen LogP contribution in [-0.4, -0.2) is 36.3 Å². The Hall–Kier alpha value is -1.92. The van der Waals surface area contributed by atoms with Crippen LogP contribution in [0.1, 0.15) is 19.8 Å². The molecular weight excluding hydrogens is 285 g/mol. The number of halogens is 3. The maximum atomic E-state index is 12.0. The second-order valence-corrected chi connectivity index (χ2v) is 4.84. The minimum atomic E-state index is -4.70. The summed E-state index contributed by atoms with van der Waals surface area (Å²) in [5, 5.41) is 2.90. The first-order valence-corrected chi connectivity index (χ1v) is 6.78. The van der Waals surface area contributed by atoms with Crippen molar-refractivity contribution < 1.29 is 22.7 Å². The number of carbonyl (C=O) groups is 1. The second kappa shape index (κ2) is 6.24. The van der Waals surface area contributed by atoms with Crippen molar-refractivity contribution in [2.24, 2.45) is 0 Å². The van der Waals surface area contributed by atoms with Crippen molar-refractivity contribution >= 4 is 11.6 Å². The van der Waals surface area contributed by atoms with Gasteiger partial charge < -0.3 is 15.0 Å². The number of likely N-dealkylation sites (N-methyl/N-ethyl adjacent to an activating group) is 1. The first-order chi connectivity index (χ1) is 9.89. The topological polar surface area (TPSA) is 41.6 Å². The Labute approximate surface area is 120 Å². The molecule has 0 radical (unpaired) electrons. The van der Waals surface area contributed by atoms with Gasteiger partial charge in [0.25, 0.3) is 0 Å². The fourth-order valence-electron chi connectivity index (χ4n) is 2.08. The van der Waals surface area contributed by atoms with Crippen LogP contribution in [0, 0.1) is 0 Å². The van der Waals surface area contributed by atoms with Crippen LogP contribution in [0.4, 0.5) is 18.9 Å². The monoisotopic (exact) mass is 302 g/mol. The van der Waals surface area contributed by atoms with Crippen LogP contribution in [0.5, 0.6) is 5.75 Å². The molecule has 1 aliphatic carbocycles. The van der Waals surface area contributed by atoms with Crippen LogP contribution in [0.25, 0.3) is 0 Å². The molecule has 0 heterocycles. The van der Waals surface area contributed by atoms with Crippen LogP contribution in [0.15, 0.2) is 24.3 Å². The zero-order valence-electron chi connectivity index (χ0n) is 11.6. The van der Waals surface area contributed by atoms with Gasteiger partial charge in [0.1, 0.15) is 5.75 Å². The normalized spacial score (nSPS) is 14.7. The minimum absolute atomic E-state index is 0.00406. The number of anilines is 1. The highest BCUT2D eigenvalue weighted by Crippen LogP contribution is 2.27. The summed E-state index contributed by atoms with van der Waals surface area (Å²) in [6.45, 7) is 2.73. The fraction of sp³-hybridized carbons (Fsp3) is 0.500. The standard InChI is InChI=1S/C14H17F3N2O2/c1-2-19(11-5-6-11)13(20)9-18-10-3-7-12(8-4-10)21-14(15,16)17/h3-4,7-8,11,18H,2,5-6,9H2,1H3. The van der Waals surface area contributed by atoms with Crippen LogP contribution in [0.3, 0.4) is 0 Å². The number of ether oxygens (including phenoxy) is 1. The molecule has 0 bridgehead atoms. The van der Waals surface area contributed by atoms with E-state index in [9.17, 15) is 18.0 Å². The summed E-state index contributed by atoms with van der Waals surface area (Å²) in [6, 6.07) is 5.66. The van der Waals surface area contributed by atoms with E-state index in [-0.39, 0.29) is 18.2 Å². The van der Waals surface area contributed by atoms with Crippen LogP contribution < -0.4 is 10.1 Å². The summed E-state index contributed by atoms with van der Waals surface area (Å²) in [4.78, 5) is 13.8. The van der Waals surface area contributed by atoms with E-state index in [1.54, 1.807) is 0 Å². The summed E-state index contributed by atoms with van der Waals surface area (Å²) in [5.41, 5.74) is 0.574. The molecule has 1 aliphatic rings. The van der Waals surface area contributed by atoms with E-state index in [1.165, 1.54) is 24.3 Å². The Morgan fingerprint density at radius 2 is 1.95 bits per heavy atom. The Balaban J connectivity index is 1.84. The number of rotatable bonds is 6. The van der Waals surface area contributed by atoms with Crippen molar-refractivity contribution in [1.82, 2.24) is 4.90 Å². The predicted molar refractivity (Wildman–Crippen MR) is 72.0 cm³/mol. The van der Waals surface area contributed by atoms with Gasteiger partial charge in [-0.15, -0.1) is 13.2 Å². The quantitative estimate of drug-likeness (QED) is 0.878. The number of alkyl halides is 3. The predicted octanol–water partition coefficient (Wildman–Crippen LogP) is 3.01. The zero-order chi connectivity index (χ0) is 15.5. The van der Waals surface area contributed by atoms with E-state index >= 15 is 0 Å². The summed E-state index contributed by atoms with van der Waals surface area (Å²) in [6.07, 6.45) is -2.61. The van der Waals surface area contributed by atoms with Gasteiger partial charge in [0.15, 0.2) is 0 Å². The number of nitrogens with zero attached hydrogens (tertiary/aromatic N) is 1. The van der Waals surface area contributed by atoms with Gasteiger partial charge in [-0.3, -0.25) is 4.79 Å². The molecule has 1 aromatic rings. The number of benzene rings is 1. The maximum Gasteiger partial charge on any atom is 0.573 e. The van der Waals surface area contributed by atoms with Gasteiger partial charge in [-0.25, -0.2) is 0 Å². The van der Waals surface area contributed by atoms with Crippen LogP contribution >= 0.6 is 0 Å². The van der Waals surface area contributed by atoms with Crippen molar-refractivity contribution in [3.63, 3.8) is 0 Å². The zero-order valence-corrected chi connectivity index (χ0v) is 11.6. The Kier molecular flexibility index (Phi) is 4.59. The molecule has 0 aliphatic heterocycles. The molecule has 116 valence electrons. The van der Waals surface area contributed by atoms with E-state index in [0.717, 1.165) is 12.8 Å². The molecule has 1 saturated carbocycles. The van der Waals surface area contributed by atoms with Crippen molar-refractivity contribution in [3.05, 3.63) is 24.3 Å². The van der Waals surface area contributed by atoms with Gasteiger partial charge >= 0.3 is 6.36 Å². The molecule has 2 rings (SSSR count). The average Bonchev–Trinajstić information content (AvgIpc) is 3.22. The van der Waals surface area contributed by atoms with Gasteiger partial charge in [-0.05, 0) is 44.0 Å². The molecule has 7 heteroatoms. The molecular formula is C14H17F3N2O2.